The molecule has 0 aromatic rings. The molecule has 15 heavy (non-hydrogen) atoms. The third kappa shape index (κ3) is 4.98. The van der Waals surface area contributed by atoms with Crippen LogP contribution in [0.4, 0.5) is 0 Å². The minimum Gasteiger partial charge on any atom is -0.327 e. The van der Waals surface area contributed by atoms with E-state index in [0.29, 0.717) is 6.04 Å². The summed E-state index contributed by atoms with van der Waals surface area (Å²) in [5.74, 6) is 1.71. The fourth-order valence-corrected chi connectivity index (χ4v) is 2.83. The summed E-state index contributed by atoms with van der Waals surface area (Å²) < 4.78 is 0. The smallest absolute Gasteiger partial charge is 0.0167 e. The first-order valence-electron chi connectivity index (χ1n) is 6.59. The highest BCUT2D eigenvalue weighted by molar-refractivity contribution is 4.77. The SMILES string of the molecule is CCCCC(N)CN1CC(C)CC(C)C1. The van der Waals surface area contributed by atoms with Crippen LogP contribution in [0, 0.1) is 11.8 Å². The van der Waals surface area contributed by atoms with Gasteiger partial charge in [0.25, 0.3) is 0 Å². The zero-order valence-electron chi connectivity index (χ0n) is 10.7. The Kier molecular flexibility index (Phi) is 5.62. The summed E-state index contributed by atoms with van der Waals surface area (Å²) in [6.07, 6.45) is 5.12. The Labute approximate surface area is 95.2 Å². The van der Waals surface area contributed by atoms with E-state index in [0.717, 1.165) is 18.4 Å². The Balaban J connectivity index is 2.24. The van der Waals surface area contributed by atoms with Crippen LogP contribution in [-0.4, -0.2) is 30.6 Å². The highest BCUT2D eigenvalue weighted by Gasteiger charge is 2.22. The molecule has 0 aromatic carbocycles. The highest BCUT2D eigenvalue weighted by atomic mass is 15.1. The summed E-state index contributed by atoms with van der Waals surface area (Å²) in [6.45, 7) is 10.6. The Morgan fingerprint density at radius 2 is 1.87 bits per heavy atom. The van der Waals surface area contributed by atoms with E-state index in [1.165, 1.54) is 38.8 Å². The summed E-state index contributed by atoms with van der Waals surface area (Å²) in [7, 11) is 0. The van der Waals surface area contributed by atoms with Crippen LogP contribution in [0.5, 0.6) is 0 Å². The van der Waals surface area contributed by atoms with Gasteiger partial charge >= 0.3 is 0 Å². The topological polar surface area (TPSA) is 29.3 Å². The Morgan fingerprint density at radius 1 is 1.27 bits per heavy atom. The molecular formula is C13H28N2. The minimum absolute atomic E-state index is 0.391. The number of hydrogen-bond donors (Lipinski definition) is 1. The second kappa shape index (κ2) is 6.49. The molecule has 0 aromatic heterocycles. The van der Waals surface area contributed by atoms with Crippen LogP contribution in [0.3, 0.4) is 0 Å². The van der Waals surface area contributed by atoms with Crippen LogP contribution in [0.25, 0.3) is 0 Å². The van der Waals surface area contributed by atoms with Crippen LogP contribution in [-0.2, 0) is 0 Å². The summed E-state index contributed by atoms with van der Waals surface area (Å²) in [6, 6.07) is 0.391. The van der Waals surface area contributed by atoms with E-state index in [9.17, 15) is 0 Å². The van der Waals surface area contributed by atoms with E-state index in [4.69, 9.17) is 5.73 Å². The molecule has 0 radical (unpaired) electrons. The van der Waals surface area contributed by atoms with Crippen molar-refractivity contribution in [2.24, 2.45) is 17.6 Å². The molecule has 1 heterocycles. The molecule has 3 atom stereocenters. The quantitative estimate of drug-likeness (QED) is 0.758. The first kappa shape index (κ1) is 13.0. The van der Waals surface area contributed by atoms with Gasteiger partial charge < -0.3 is 10.6 Å². The summed E-state index contributed by atoms with van der Waals surface area (Å²) in [5, 5.41) is 0. The maximum Gasteiger partial charge on any atom is 0.0167 e. The first-order chi connectivity index (χ1) is 7.11. The molecule has 0 saturated carbocycles. The molecule has 0 amide bonds. The zero-order valence-corrected chi connectivity index (χ0v) is 10.7. The maximum absolute atomic E-state index is 6.14. The number of piperidine rings is 1. The van der Waals surface area contributed by atoms with Crippen molar-refractivity contribution in [3.63, 3.8) is 0 Å². The zero-order chi connectivity index (χ0) is 11.3. The number of rotatable bonds is 5. The largest absolute Gasteiger partial charge is 0.327 e. The van der Waals surface area contributed by atoms with Gasteiger partial charge in [0.2, 0.25) is 0 Å². The first-order valence-corrected chi connectivity index (χ1v) is 6.59. The maximum atomic E-state index is 6.14. The number of nitrogens with two attached hydrogens (primary N) is 1. The van der Waals surface area contributed by atoms with Gasteiger partial charge in [-0.2, -0.15) is 0 Å². The van der Waals surface area contributed by atoms with Crippen molar-refractivity contribution in [2.75, 3.05) is 19.6 Å². The van der Waals surface area contributed by atoms with Crippen molar-refractivity contribution in [1.82, 2.24) is 4.90 Å². The molecule has 1 fully saturated rings. The lowest BCUT2D eigenvalue weighted by atomic mass is 9.91. The summed E-state index contributed by atoms with van der Waals surface area (Å²) in [4.78, 5) is 2.57. The molecule has 1 saturated heterocycles. The Hall–Kier alpha value is -0.0800. The summed E-state index contributed by atoms with van der Waals surface area (Å²) in [5.41, 5.74) is 6.14. The fraction of sp³-hybridized carbons (Fsp3) is 1.00. The average Bonchev–Trinajstić information content (AvgIpc) is 2.13. The van der Waals surface area contributed by atoms with E-state index in [2.05, 4.69) is 25.7 Å². The normalized spacial score (nSPS) is 30.4. The van der Waals surface area contributed by atoms with Gasteiger partial charge in [-0.1, -0.05) is 33.6 Å². The van der Waals surface area contributed by atoms with Crippen LogP contribution in [0.1, 0.15) is 46.5 Å². The molecular weight excluding hydrogens is 184 g/mol. The second-order valence-corrected chi connectivity index (χ2v) is 5.57. The second-order valence-electron chi connectivity index (χ2n) is 5.57. The number of nitrogens with zero attached hydrogens (tertiary/aromatic N) is 1. The van der Waals surface area contributed by atoms with Gasteiger partial charge in [-0.25, -0.2) is 0 Å². The molecule has 2 N–H and O–H groups in total. The van der Waals surface area contributed by atoms with E-state index in [1.54, 1.807) is 0 Å². The van der Waals surface area contributed by atoms with Crippen molar-refractivity contribution >= 4 is 0 Å². The van der Waals surface area contributed by atoms with E-state index in [1.807, 2.05) is 0 Å². The van der Waals surface area contributed by atoms with Gasteiger partial charge in [-0.15, -0.1) is 0 Å². The molecule has 90 valence electrons. The van der Waals surface area contributed by atoms with Crippen molar-refractivity contribution in [1.29, 1.82) is 0 Å². The third-order valence-corrected chi connectivity index (χ3v) is 3.37. The fourth-order valence-electron chi connectivity index (χ4n) is 2.83. The molecule has 1 aliphatic heterocycles. The van der Waals surface area contributed by atoms with Gasteiger partial charge in [0.05, 0.1) is 0 Å². The predicted molar refractivity (Wildman–Crippen MR) is 66.9 cm³/mol. The number of hydrogen-bond acceptors (Lipinski definition) is 2. The predicted octanol–water partition coefficient (Wildman–Crippen LogP) is 2.48. The highest BCUT2D eigenvalue weighted by Crippen LogP contribution is 2.21. The van der Waals surface area contributed by atoms with Crippen molar-refractivity contribution < 1.29 is 0 Å². The van der Waals surface area contributed by atoms with Crippen LogP contribution < -0.4 is 5.73 Å². The number of likely N-dealkylation sites (tertiary alicyclic amines) is 1. The monoisotopic (exact) mass is 212 g/mol. The van der Waals surface area contributed by atoms with Crippen molar-refractivity contribution in [3.05, 3.63) is 0 Å². The Morgan fingerprint density at radius 3 is 2.40 bits per heavy atom. The lowest BCUT2D eigenvalue weighted by Gasteiger charge is -2.36. The van der Waals surface area contributed by atoms with Gasteiger partial charge in [0.1, 0.15) is 0 Å². The molecule has 2 nitrogen and oxygen atoms in total. The van der Waals surface area contributed by atoms with E-state index in [-0.39, 0.29) is 0 Å². The molecule has 0 spiro atoms. The van der Waals surface area contributed by atoms with Crippen molar-refractivity contribution in [3.8, 4) is 0 Å². The molecule has 1 rings (SSSR count). The van der Waals surface area contributed by atoms with Crippen LogP contribution in [0.2, 0.25) is 0 Å². The van der Waals surface area contributed by atoms with E-state index >= 15 is 0 Å². The molecule has 3 unspecified atom stereocenters. The third-order valence-electron chi connectivity index (χ3n) is 3.37. The van der Waals surface area contributed by atoms with Crippen molar-refractivity contribution in [2.45, 2.75) is 52.5 Å². The lowest BCUT2D eigenvalue weighted by molar-refractivity contribution is 0.132. The molecule has 1 aliphatic rings. The molecule has 0 aliphatic carbocycles. The molecule has 0 bridgehead atoms. The van der Waals surface area contributed by atoms with Gasteiger partial charge in [-0.3, -0.25) is 0 Å². The van der Waals surface area contributed by atoms with E-state index < -0.39 is 0 Å². The summed E-state index contributed by atoms with van der Waals surface area (Å²) >= 11 is 0. The van der Waals surface area contributed by atoms with Gasteiger partial charge in [-0.05, 0) is 24.7 Å². The van der Waals surface area contributed by atoms with Gasteiger partial charge in [0, 0.05) is 25.7 Å². The number of unbranched alkanes of at least 4 members (excludes halogenated alkanes) is 1. The van der Waals surface area contributed by atoms with Gasteiger partial charge in [0.15, 0.2) is 0 Å². The Bertz CT molecular complexity index is 160. The molecule has 2 heteroatoms. The average molecular weight is 212 g/mol. The van der Waals surface area contributed by atoms with Crippen LogP contribution in [0.15, 0.2) is 0 Å². The lowest BCUT2D eigenvalue weighted by Crippen LogP contribution is -2.45. The minimum atomic E-state index is 0.391. The standard InChI is InChI=1S/C13H28N2/c1-4-5-6-13(14)10-15-8-11(2)7-12(3)9-15/h11-13H,4-10,14H2,1-3H3. The van der Waals surface area contributed by atoms with Crippen LogP contribution >= 0.6 is 0 Å².